The summed E-state index contributed by atoms with van der Waals surface area (Å²) in [6, 6.07) is 17.1. The topological polar surface area (TPSA) is 12.5 Å². The highest BCUT2D eigenvalue weighted by molar-refractivity contribution is 5.58. The number of hydrogen-bond donors (Lipinski definition) is 0. The van der Waals surface area contributed by atoms with Crippen LogP contribution in [-0.2, 0) is 0 Å². The molecular formula is C19H21NO. The fraction of sp³-hybridized carbons (Fsp3) is 0.263. The molecule has 0 saturated heterocycles. The molecule has 0 aliphatic carbocycles. The van der Waals surface area contributed by atoms with Crippen molar-refractivity contribution >= 4 is 5.69 Å². The fourth-order valence-electron chi connectivity index (χ4n) is 2.92. The molecule has 108 valence electrons. The highest BCUT2D eigenvalue weighted by atomic mass is 16.5. The number of fused-ring (bicyclic) bond motifs is 1. The molecule has 0 radical (unpaired) electrons. The fourth-order valence-corrected chi connectivity index (χ4v) is 2.92. The number of allylic oxidation sites excluding steroid dienone is 1. The number of benzene rings is 2. The average molecular weight is 279 g/mol. The molecule has 0 amide bonds. The van der Waals surface area contributed by atoms with Crippen LogP contribution in [0.4, 0.5) is 5.69 Å². The minimum atomic E-state index is 0.269. The summed E-state index contributed by atoms with van der Waals surface area (Å²) in [5.41, 5.74) is 3.81. The quantitative estimate of drug-likeness (QED) is 0.812. The van der Waals surface area contributed by atoms with E-state index in [0.29, 0.717) is 0 Å². The lowest BCUT2D eigenvalue weighted by Gasteiger charge is -2.26. The number of nitrogens with zero attached hydrogens (tertiary/aromatic N) is 1. The second-order valence-corrected chi connectivity index (χ2v) is 5.23. The maximum atomic E-state index is 5.68. The second-order valence-electron chi connectivity index (χ2n) is 5.23. The van der Waals surface area contributed by atoms with Crippen LogP contribution in [-0.4, -0.2) is 13.1 Å². The lowest BCUT2D eigenvalue weighted by atomic mass is 9.89. The molecule has 0 fully saturated rings. The van der Waals surface area contributed by atoms with Crippen molar-refractivity contribution in [2.45, 2.75) is 19.8 Å². The van der Waals surface area contributed by atoms with Crippen LogP contribution in [0.15, 0.2) is 60.9 Å². The van der Waals surface area contributed by atoms with Gasteiger partial charge in [-0.05, 0) is 43.7 Å². The molecule has 2 heteroatoms. The van der Waals surface area contributed by atoms with E-state index in [1.54, 1.807) is 6.26 Å². The number of ether oxygens (including phenoxy) is 1. The molecule has 0 aromatic heterocycles. The van der Waals surface area contributed by atoms with Crippen molar-refractivity contribution in [2.24, 2.45) is 0 Å². The van der Waals surface area contributed by atoms with Gasteiger partial charge in [0, 0.05) is 30.3 Å². The first-order chi connectivity index (χ1) is 10.3. The molecule has 0 N–H and O–H groups in total. The summed E-state index contributed by atoms with van der Waals surface area (Å²) in [5, 5.41) is 0. The molecule has 0 saturated carbocycles. The Morgan fingerprint density at radius 3 is 2.48 bits per heavy atom. The van der Waals surface area contributed by atoms with Crippen LogP contribution < -0.4 is 9.64 Å². The van der Waals surface area contributed by atoms with E-state index in [-0.39, 0.29) is 5.92 Å². The van der Waals surface area contributed by atoms with Crippen LogP contribution in [0.5, 0.6) is 5.75 Å². The lowest BCUT2D eigenvalue weighted by molar-refractivity contribution is 0.459. The SMILES string of the molecule is CCN(CC)c1ccc2c(c1)C(c1ccccc1)C=CO2. The van der Waals surface area contributed by atoms with Crippen LogP contribution in [0.25, 0.3) is 0 Å². The molecule has 1 heterocycles. The Kier molecular flexibility index (Phi) is 3.96. The monoisotopic (exact) mass is 279 g/mol. The summed E-state index contributed by atoms with van der Waals surface area (Å²) in [5.74, 6) is 1.23. The van der Waals surface area contributed by atoms with Gasteiger partial charge in [-0.15, -0.1) is 0 Å². The van der Waals surface area contributed by atoms with Gasteiger partial charge in [-0.25, -0.2) is 0 Å². The molecule has 1 unspecified atom stereocenters. The summed E-state index contributed by atoms with van der Waals surface area (Å²) in [6.45, 7) is 6.41. The van der Waals surface area contributed by atoms with Crippen molar-refractivity contribution in [3.63, 3.8) is 0 Å². The molecule has 1 aliphatic rings. The average Bonchev–Trinajstić information content (AvgIpc) is 2.56. The molecule has 2 aromatic rings. The zero-order chi connectivity index (χ0) is 14.7. The van der Waals surface area contributed by atoms with Crippen molar-refractivity contribution in [1.29, 1.82) is 0 Å². The van der Waals surface area contributed by atoms with Gasteiger partial charge in [0.05, 0.1) is 6.26 Å². The van der Waals surface area contributed by atoms with Crippen molar-refractivity contribution in [2.75, 3.05) is 18.0 Å². The molecule has 0 bridgehead atoms. The molecule has 21 heavy (non-hydrogen) atoms. The second kappa shape index (κ2) is 6.04. The molecule has 1 aliphatic heterocycles. The van der Waals surface area contributed by atoms with Gasteiger partial charge in [0.2, 0.25) is 0 Å². The zero-order valence-electron chi connectivity index (χ0n) is 12.6. The molecule has 3 rings (SSSR count). The number of anilines is 1. The van der Waals surface area contributed by atoms with Gasteiger partial charge in [-0.2, -0.15) is 0 Å². The van der Waals surface area contributed by atoms with Crippen molar-refractivity contribution in [3.8, 4) is 5.75 Å². The zero-order valence-corrected chi connectivity index (χ0v) is 12.6. The Hall–Kier alpha value is -2.22. The van der Waals surface area contributed by atoms with Crippen LogP contribution in [0.1, 0.15) is 30.9 Å². The molecule has 1 atom stereocenters. The smallest absolute Gasteiger partial charge is 0.130 e. The summed E-state index contributed by atoms with van der Waals surface area (Å²) in [4.78, 5) is 2.36. The van der Waals surface area contributed by atoms with Gasteiger partial charge in [0.15, 0.2) is 0 Å². The van der Waals surface area contributed by atoms with Gasteiger partial charge in [-0.3, -0.25) is 0 Å². The third kappa shape index (κ3) is 2.66. The maximum Gasteiger partial charge on any atom is 0.130 e. The van der Waals surface area contributed by atoms with Gasteiger partial charge in [-0.1, -0.05) is 30.3 Å². The first-order valence-electron chi connectivity index (χ1n) is 7.60. The summed E-state index contributed by atoms with van der Waals surface area (Å²) in [7, 11) is 0. The van der Waals surface area contributed by atoms with E-state index in [4.69, 9.17) is 4.74 Å². The van der Waals surface area contributed by atoms with Crippen LogP contribution >= 0.6 is 0 Å². The van der Waals surface area contributed by atoms with E-state index in [9.17, 15) is 0 Å². The minimum Gasteiger partial charge on any atom is -0.465 e. The van der Waals surface area contributed by atoms with Gasteiger partial charge in [0.1, 0.15) is 5.75 Å². The lowest BCUT2D eigenvalue weighted by Crippen LogP contribution is -2.22. The normalized spacial score (nSPS) is 16.2. The number of hydrogen-bond acceptors (Lipinski definition) is 2. The largest absolute Gasteiger partial charge is 0.465 e. The molecule has 0 spiro atoms. The first kappa shape index (κ1) is 13.7. The summed E-state index contributed by atoms with van der Waals surface area (Å²) < 4.78 is 5.68. The summed E-state index contributed by atoms with van der Waals surface area (Å²) in [6.07, 6.45) is 3.93. The Morgan fingerprint density at radius 2 is 1.76 bits per heavy atom. The molecular weight excluding hydrogens is 258 g/mol. The highest BCUT2D eigenvalue weighted by Crippen LogP contribution is 2.38. The Morgan fingerprint density at radius 1 is 1.00 bits per heavy atom. The Balaban J connectivity index is 2.03. The minimum absolute atomic E-state index is 0.269. The molecule has 2 aromatic carbocycles. The van der Waals surface area contributed by atoms with Crippen LogP contribution in [0.2, 0.25) is 0 Å². The Labute approximate surface area is 126 Å². The van der Waals surface area contributed by atoms with Crippen LogP contribution in [0.3, 0.4) is 0 Å². The van der Waals surface area contributed by atoms with E-state index in [0.717, 1.165) is 18.8 Å². The van der Waals surface area contributed by atoms with E-state index >= 15 is 0 Å². The first-order valence-corrected chi connectivity index (χ1v) is 7.60. The van der Waals surface area contributed by atoms with E-state index in [2.05, 4.69) is 73.4 Å². The van der Waals surface area contributed by atoms with Gasteiger partial charge in [0.25, 0.3) is 0 Å². The van der Waals surface area contributed by atoms with E-state index in [1.165, 1.54) is 16.8 Å². The highest BCUT2D eigenvalue weighted by Gasteiger charge is 2.20. The number of rotatable bonds is 4. The third-order valence-electron chi connectivity index (χ3n) is 4.08. The van der Waals surface area contributed by atoms with Gasteiger partial charge < -0.3 is 9.64 Å². The molecule has 2 nitrogen and oxygen atoms in total. The van der Waals surface area contributed by atoms with E-state index < -0.39 is 0 Å². The predicted molar refractivity (Wildman–Crippen MR) is 88.1 cm³/mol. The third-order valence-corrected chi connectivity index (χ3v) is 4.08. The maximum absolute atomic E-state index is 5.68. The van der Waals surface area contributed by atoms with E-state index in [1.807, 2.05) is 0 Å². The predicted octanol–water partition coefficient (Wildman–Crippen LogP) is 4.57. The van der Waals surface area contributed by atoms with Crippen LogP contribution in [0, 0.1) is 0 Å². The Bertz CT molecular complexity index is 629. The standard InChI is InChI=1S/C19H21NO/c1-3-20(4-2)16-10-11-19-18(14-16)17(12-13-21-19)15-8-6-5-7-9-15/h5-14,17H,3-4H2,1-2H3. The van der Waals surface area contributed by atoms with Gasteiger partial charge >= 0.3 is 0 Å². The van der Waals surface area contributed by atoms with Crippen molar-refractivity contribution in [3.05, 3.63) is 72.0 Å². The summed E-state index contributed by atoms with van der Waals surface area (Å²) >= 11 is 0. The van der Waals surface area contributed by atoms with Crippen molar-refractivity contribution in [1.82, 2.24) is 0 Å². The van der Waals surface area contributed by atoms with Crippen molar-refractivity contribution < 1.29 is 4.74 Å².